The lowest BCUT2D eigenvalue weighted by atomic mass is 9.99. The van der Waals surface area contributed by atoms with Crippen molar-refractivity contribution in [3.8, 4) is 11.1 Å². The van der Waals surface area contributed by atoms with Crippen LogP contribution in [-0.2, 0) is 16.0 Å². The number of carbonyl (C=O) groups excluding carboxylic acids is 1. The number of halogens is 2. The number of nitrogen functional groups attached to an aromatic ring is 1. The molecule has 0 bridgehead atoms. The standard InChI is InChI=1S/C21H21Cl2N5O2/c22-16-9-12(11-18-26-21(24)28-27-18)10-17(23)19(16)13-1-3-15(4-2-13)25-20(29)14-5-7-30-8-6-14/h1-4,9-10,14H,5-8,11H2,(H,25,29)(H3,24,26,27,28). The summed E-state index contributed by atoms with van der Waals surface area (Å²) < 4.78 is 5.31. The molecule has 3 aromatic rings. The first-order chi connectivity index (χ1) is 14.5. The normalized spacial score (nSPS) is 14.6. The van der Waals surface area contributed by atoms with E-state index in [0.29, 0.717) is 35.5 Å². The van der Waals surface area contributed by atoms with E-state index in [1.54, 1.807) is 0 Å². The van der Waals surface area contributed by atoms with Gasteiger partial charge in [-0.15, -0.1) is 5.10 Å². The number of aromatic amines is 1. The van der Waals surface area contributed by atoms with E-state index in [0.717, 1.165) is 35.2 Å². The van der Waals surface area contributed by atoms with Crippen LogP contribution in [0.5, 0.6) is 0 Å². The zero-order valence-electron chi connectivity index (χ0n) is 16.1. The van der Waals surface area contributed by atoms with Crippen LogP contribution in [0, 0.1) is 5.92 Å². The second-order valence-electron chi connectivity index (χ2n) is 7.20. The first-order valence-electron chi connectivity index (χ1n) is 9.63. The molecule has 7 nitrogen and oxygen atoms in total. The van der Waals surface area contributed by atoms with E-state index in [9.17, 15) is 4.79 Å². The van der Waals surface area contributed by atoms with E-state index in [2.05, 4.69) is 20.5 Å². The maximum Gasteiger partial charge on any atom is 0.239 e. The highest BCUT2D eigenvalue weighted by Crippen LogP contribution is 2.36. The molecule has 156 valence electrons. The Labute approximate surface area is 183 Å². The van der Waals surface area contributed by atoms with Gasteiger partial charge in [0, 0.05) is 36.8 Å². The number of hydrogen-bond acceptors (Lipinski definition) is 5. The molecule has 1 aromatic heterocycles. The summed E-state index contributed by atoms with van der Waals surface area (Å²) in [6, 6.07) is 11.2. The molecule has 4 N–H and O–H groups in total. The van der Waals surface area contributed by atoms with Crippen molar-refractivity contribution in [1.29, 1.82) is 0 Å². The molecule has 1 aliphatic heterocycles. The van der Waals surface area contributed by atoms with E-state index < -0.39 is 0 Å². The van der Waals surface area contributed by atoms with Crippen molar-refractivity contribution in [2.75, 3.05) is 24.3 Å². The fourth-order valence-corrected chi connectivity index (χ4v) is 4.26. The van der Waals surface area contributed by atoms with Gasteiger partial charge in [0.25, 0.3) is 0 Å². The van der Waals surface area contributed by atoms with E-state index in [1.165, 1.54) is 0 Å². The molecule has 2 heterocycles. The molecular formula is C21H21Cl2N5O2. The van der Waals surface area contributed by atoms with Crippen LogP contribution in [0.2, 0.25) is 10.0 Å². The first kappa shape index (κ1) is 20.7. The van der Waals surface area contributed by atoms with Gasteiger partial charge in [-0.05, 0) is 48.2 Å². The van der Waals surface area contributed by atoms with E-state index in [1.807, 2.05) is 36.4 Å². The smallest absolute Gasteiger partial charge is 0.239 e. The fraction of sp³-hybridized carbons (Fsp3) is 0.286. The predicted octanol–water partition coefficient (Wildman–Crippen LogP) is 4.32. The summed E-state index contributed by atoms with van der Waals surface area (Å²) in [7, 11) is 0. The summed E-state index contributed by atoms with van der Waals surface area (Å²) in [5.41, 5.74) is 8.77. The van der Waals surface area contributed by atoms with Gasteiger partial charge in [0.1, 0.15) is 5.82 Å². The molecule has 1 saturated heterocycles. The molecule has 0 radical (unpaired) electrons. The molecule has 30 heavy (non-hydrogen) atoms. The van der Waals surface area contributed by atoms with Crippen molar-refractivity contribution >= 4 is 40.7 Å². The zero-order valence-corrected chi connectivity index (χ0v) is 17.6. The summed E-state index contributed by atoms with van der Waals surface area (Å²) in [6.45, 7) is 1.27. The van der Waals surface area contributed by atoms with Crippen LogP contribution in [-0.4, -0.2) is 34.3 Å². The molecule has 9 heteroatoms. The Bertz CT molecular complexity index is 1020. The van der Waals surface area contributed by atoms with Crippen LogP contribution in [0.15, 0.2) is 36.4 Å². The van der Waals surface area contributed by atoms with Crippen LogP contribution in [0.3, 0.4) is 0 Å². The molecule has 0 unspecified atom stereocenters. The lowest BCUT2D eigenvalue weighted by Gasteiger charge is -2.21. The van der Waals surface area contributed by atoms with Gasteiger partial charge >= 0.3 is 0 Å². The van der Waals surface area contributed by atoms with Gasteiger partial charge in [-0.1, -0.05) is 35.3 Å². The van der Waals surface area contributed by atoms with Crippen molar-refractivity contribution in [1.82, 2.24) is 15.2 Å². The fourth-order valence-electron chi connectivity index (χ4n) is 3.51. The third kappa shape index (κ3) is 4.75. The summed E-state index contributed by atoms with van der Waals surface area (Å²) in [4.78, 5) is 16.5. The number of nitrogens with one attached hydrogen (secondary N) is 2. The Balaban J connectivity index is 1.48. The van der Waals surface area contributed by atoms with Gasteiger partial charge < -0.3 is 15.8 Å². The van der Waals surface area contributed by atoms with E-state index in [-0.39, 0.29) is 17.8 Å². The zero-order chi connectivity index (χ0) is 21.1. The van der Waals surface area contributed by atoms with E-state index >= 15 is 0 Å². The maximum atomic E-state index is 12.4. The van der Waals surface area contributed by atoms with E-state index in [4.69, 9.17) is 33.7 Å². The third-order valence-electron chi connectivity index (χ3n) is 5.06. The molecule has 0 atom stereocenters. The highest BCUT2D eigenvalue weighted by molar-refractivity contribution is 6.39. The number of nitrogens with two attached hydrogens (primary N) is 1. The number of nitrogens with zero attached hydrogens (tertiary/aromatic N) is 2. The minimum absolute atomic E-state index is 0.00503. The number of ether oxygens (including phenoxy) is 1. The van der Waals surface area contributed by atoms with Crippen LogP contribution < -0.4 is 11.1 Å². The Morgan fingerprint density at radius 1 is 1.17 bits per heavy atom. The largest absolute Gasteiger partial charge is 0.381 e. The molecule has 1 fully saturated rings. The average Bonchev–Trinajstić information content (AvgIpc) is 3.14. The topological polar surface area (TPSA) is 106 Å². The average molecular weight is 446 g/mol. The van der Waals surface area contributed by atoms with Gasteiger partial charge in [0.15, 0.2) is 0 Å². The van der Waals surface area contributed by atoms with Crippen molar-refractivity contribution in [2.45, 2.75) is 19.3 Å². The second kappa shape index (κ2) is 9.04. The summed E-state index contributed by atoms with van der Waals surface area (Å²) in [5, 5.41) is 10.6. The van der Waals surface area contributed by atoms with Gasteiger partial charge in [-0.25, -0.2) is 0 Å². The number of aromatic nitrogens is 3. The molecule has 1 aliphatic rings. The van der Waals surface area contributed by atoms with Crippen LogP contribution in [0.1, 0.15) is 24.2 Å². The van der Waals surface area contributed by atoms with Crippen LogP contribution >= 0.6 is 23.2 Å². The number of anilines is 2. The van der Waals surface area contributed by atoms with Crippen molar-refractivity contribution < 1.29 is 9.53 Å². The maximum absolute atomic E-state index is 12.4. The molecular weight excluding hydrogens is 425 g/mol. The monoisotopic (exact) mass is 445 g/mol. The summed E-state index contributed by atoms with van der Waals surface area (Å²) in [6.07, 6.45) is 1.99. The number of benzene rings is 2. The Hall–Kier alpha value is -2.61. The van der Waals surface area contributed by atoms with Gasteiger partial charge in [-0.3, -0.25) is 9.89 Å². The van der Waals surface area contributed by atoms with Gasteiger partial charge in [0.05, 0.1) is 10.0 Å². The first-order valence-corrected chi connectivity index (χ1v) is 10.4. The highest BCUT2D eigenvalue weighted by Gasteiger charge is 2.21. The molecule has 4 rings (SSSR count). The lowest BCUT2D eigenvalue weighted by Crippen LogP contribution is -2.28. The Morgan fingerprint density at radius 3 is 2.43 bits per heavy atom. The molecule has 1 amide bonds. The number of H-pyrrole nitrogens is 1. The van der Waals surface area contributed by atoms with Gasteiger partial charge in [0.2, 0.25) is 11.9 Å². The minimum Gasteiger partial charge on any atom is -0.381 e. The number of amides is 1. The lowest BCUT2D eigenvalue weighted by molar-refractivity contribution is -0.122. The molecule has 0 aliphatic carbocycles. The second-order valence-corrected chi connectivity index (χ2v) is 8.02. The van der Waals surface area contributed by atoms with Crippen LogP contribution in [0.4, 0.5) is 11.6 Å². The Kier molecular flexibility index (Phi) is 6.22. The number of rotatable bonds is 5. The molecule has 0 spiro atoms. The quantitative estimate of drug-likeness (QED) is 0.542. The number of hydrogen-bond donors (Lipinski definition) is 3. The van der Waals surface area contributed by atoms with Crippen molar-refractivity contribution in [2.24, 2.45) is 5.92 Å². The SMILES string of the molecule is Nc1n[nH]c(Cc2cc(Cl)c(-c3ccc(NC(=O)C4CCOCC4)cc3)c(Cl)c2)n1. The summed E-state index contributed by atoms with van der Waals surface area (Å²) >= 11 is 13.1. The minimum atomic E-state index is -0.00503. The molecule has 2 aromatic carbocycles. The third-order valence-corrected chi connectivity index (χ3v) is 5.65. The van der Waals surface area contributed by atoms with Crippen molar-refractivity contribution in [3.05, 3.63) is 57.8 Å². The highest BCUT2D eigenvalue weighted by atomic mass is 35.5. The van der Waals surface area contributed by atoms with Crippen molar-refractivity contribution in [3.63, 3.8) is 0 Å². The van der Waals surface area contributed by atoms with Gasteiger partial charge in [-0.2, -0.15) is 4.98 Å². The predicted molar refractivity (Wildman–Crippen MR) is 118 cm³/mol. The number of carbonyl (C=O) groups is 1. The summed E-state index contributed by atoms with van der Waals surface area (Å²) in [5.74, 6) is 0.855. The van der Waals surface area contributed by atoms with Crippen LogP contribution in [0.25, 0.3) is 11.1 Å². The Morgan fingerprint density at radius 2 is 1.83 bits per heavy atom. The molecule has 0 saturated carbocycles.